The number of carbonyl (C=O) groups excluding carboxylic acids is 1. The molecule has 0 radical (unpaired) electrons. The molecule has 1 aliphatic rings. The molecule has 1 fully saturated rings. The van der Waals surface area contributed by atoms with Crippen molar-refractivity contribution in [2.24, 2.45) is 0 Å². The summed E-state index contributed by atoms with van der Waals surface area (Å²) in [7, 11) is 0. The fourth-order valence-electron chi connectivity index (χ4n) is 2.19. The third-order valence-electron chi connectivity index (χ3n) is 3.12. The van der Waals surface area contributed by atoms with Crippen LogP contribution in [-0.4, -0.2) is 30.0 Å². The van der Waals surface area contributed by atoms with Crippen LogP contribution in [0.3, 0.4) is 0 Å². The van der Waals surface area contributed by atoms with E-state index in [4.69, 9.17) is 0 Å². The smallest absolute Gasteiger partial charge is 0.217 e. The summed E-state index contributed by atoms with van der Waals surface area (Å²) in [5.74, 6) is 1.11. The molecule has 0 aromatic carbocycles. The van der Waals surface area contributed by atoms with E-state index in [1.807, 2.05) is 13.1 Å². The van der Waals surface area contributed by atoms with E-state index in [-0.39, 0.29) is 5.91 Å². The highest BCUT2D eigenvalue weighted by atomic mass is 16.1. The summed E-state index contributed by atoms with van der Waals surface area (Å²) in [6.45, 7) is 5.54. The Morgan fingerprint density at radius 3 is 2.65 bits per heavy atom. The average Bonchev–Trinajstić information content (AvgIpc) is 2.30. The summed E-state index contributed by atoms with van der Waals surface area (Å²) in [5, 5.41) is 2.98. The first-order valence-corrected chi connectivity index (χ1v) is 6.10. The number of pyridine rings is 1. The van der Waals surface area contributed by atoms with Crippen molar-refractivity contribution in [3.05, 3.63) is 23.9 Å². The molecular formula is C13H19N3O. The van der Waals surface area contributed by atoms with Gasteiger partial charge >= 0.3 is 0 Å². The standard InChI is InChI=1S/C13H19N3O/c1-10-3-4-13(14-9-10)16-7-5-12(6-8-16)15-11(2)17/h3-4,9,12H,5-8H2,1-2H3,(H,15,17). The Hall–Kier alpha value is -1.58. The zero-order valence-corrected chi connectivity index (χ0v) is 10.4. The molecule has 1 saturated heterocycles. The van der Waals surface area contributed by atoms with E-state index in [0.29, 0.717) is 6.04 Å². The zero-order valence-electron chi connectivity index (χ0n) is 10.4. The first-order chi connectivity index (χ1) is 8.15. The van der Waals surface area contributed by atoms with Crippen molar-refractivity contribution < 1.29 is 4.79 Å². The normalized spacial score (nSPS) is 16.9. The van der Waals surface area contributed by atoms with Crippen molar-refractivity contribution in [1.82, 2.24) is 10.3 Å². The molecule has 0 unspecified atom stereocenters. The molecule has 0 atom stereocenters. The Kier molecular flexibility index (Phi) is 3.61. The minimum atomic E-state index is 0.0666. The SMILES string of the molecule is CC(=O)NC1CCN(c2ccc(C)cn2)CC1. The monoisotopic (exact) mass is 233 g/mol. The lowest BCUT2D eigenvalue weighted by atomic mass is 10.1. The summed E-state index contributed by atoms with van der Waals surface area (Å²) >= 11 is 0. The number of aromatic nitrogens is 1. The molecule has 0 aliphatic carbocycles. The van der Waals surface area contributed by atoms with Crippen LogP contribution < -0.4 is 10.2 Å². The number of hydrogen-bond acceptors (Lipinski definition) is 3. The second-order valence-corrected chi connectivity index (χ2v) is 4.66. The van der Waals surface area contributed by atoms with Crippen LogP contribution in [0.2, 0.25) is 0 Å². The molecule has 1 aliphatic heterocycles. The van der Waals surface area contributed by atoms with E-state index >= 15 is 0 Å². The van der Waals surface area contributed by atoms with Gasteiger partial charge in [0.2, 0.25) is 5.91 Å². The molecule has 2 rings (SSSR count). The highest BCUT2D eigenvalue weighted by Crippen LogP contribution is 2.17. The Bertz CT molecular complexity index is 380. The van der Waals surface area contributed by atoms with E-state index in [1.54, 1.807) is 6.92 Å². The maximum absolute atomic E-state index is 11.0. The fraction of sp³-hybridized carbons (Fsp3) is 0.538. The molecule has 4 nitrogen and oxygen atoms in total. The van der Waals surface area contributed by atoms with E-state index in [0.717, 1.165) is 31.7 Å². The third kappa shape index (κ3) is 3.19. The van der Waals surface area contributed by atoms with Gasteiger partial charge in [0.1, 0.15) is 5.82 Å². The summed E-state index contributed by atoms with van der Waals surface area (Å²) < 4.78 is 0. The van der Waals surface area contributed by atoms with Crippen LogP contribution in [0.15, 0.2) is 18.3 Å². The Balaban J connectivity index is 1.90. The summed E-state index contributed by atoms with van der Waals surface area (Å²) in [4.78, 5) is 17.7. The largest absolute Gasteiger partial charge is 0.356 e. The van der Waals surface area contributed by atoms with Crippen LogP contribution in [0.5, 0.6) is 0 Å². The van der Waals surface area contributed by atoms with Gasteiger partial charge in [-0.3, -0.25) is 4.79 Å². The number of rotatable bonds is 2. The summed E-state index contributed by atoms with van der Waals surface area (Å²) in [6, 6.07) is 4.48. The van der Waals surface area contributed by atoms with Crippen molar-refractivity contribution in [3.8, 4) is 0 Å². The maximum Gasteiger partial charge on any atom is 0.217 e. The van der Waals surface area contributed by atoms with Crippen LogP contribution in [0.1, 0.15) is 25.3 Å². The molecule has 1 amide bonds. The van der Waals surface area contributed by atoms with Gasteiger partial charge < -0.3 is 10.2 Å². The Labute approximate surface area is 102 Å². The zero-order chi connectivity index (χ0) is 12.3. The van der Waals surface area contributed by atoms with Crippen molar-refractivity contribution in [2.75, 3.05) is 18.0 Å². The lowest BCUT2D eigenvalue weighted by molar-refractivity contribution is -0.119. The predicted molar refractivity (Wildman–Crippen MR) is 68.0 cm³/mol. The molecule has 0 bridgehead atoms. The number of aryl methyl sites for hydroxylation is 1. The molecular weight excluding hydrogens is 214 g/mol. The first kappa shape index (κ1) is 11.9. The number of nitrogens with one attached hydrogen (secondary N) is 1. The molecule has 0 saturated carbocycles. The van der Waals surface area contributed by atoms with Gasteiger partial charge in [0.05, 0.1) is 0 Å². The average molecular weight is 233 g/mol. The maximum atomic E-state index is 11.0. The third-order valence-corrected chi connectivity index (χ3v) is 3.12. The van der Waals surface area contributed by atoms with Crippen LogP contribution in [-0.2, 0) is 4.79 Å². The van der Waals surface area contributed by atoms with Crippen LogP contribution in [0, 0.1) is 6.92 Å². The molecule has 0 spiro atoms. The van der Waals surface area contributed by atoms with Crippen molar-refractivity contribution in [1.29, 1.82) is 0 Å². The Morgan fingerprint density at radius 2 is 2.12 bits per heavy atom. The van der Waals surface area contributed by atoms with E-state index in [1.165, 1.54) is 5.56 Å². The molecule has 1 N–H and O–H groups in total. The van der Waals surface area contributed by atoms with Gasteiger partial charge in [-0.2, -0.15) is 0 Å². The van der Waals surface area contributed by atoms with Gasteiger partial charge in [-0.25, -0.2) is 4.98 Å². The lowest BCUT2D eigenvalue weighted by Gasteiger charge is -2.33. The summed E-state index contributed by atoms with van der Waals surface area (Å²) in [5.41, 5.74) is 1.18. The lowest BCUT2D eigenvalue weighted by Crippen LogP contribution is -2.44. The van der Waals surface area contributed by atoms with Gasteiger partial charge in [0, 0.05) is 32.3 Å². The molecule has 17 heavy (non-hydrogen) atoms. The van der Waals surface area contributed by atoms with Crippen molar-refractivity contribution in [2.45, 2.75) is 32.7 Å². The first-order valence-electron chi connectivity index (χ1n) is 6.10. The molecule has 4 heteroatoms. The van der Waals surface area contributed by atoms with Gasteiger partial charge in [-0.05, 0) is 31.4 Å². The topological polar surface area (TPSA) is 45.2 Å². The van der Waals surface area contributed by atoms with Crippen LogP contribution in [0.25, 0.3) is 0 Å². The number of carbonyl (C=O) groups is 1. The van der Waals surface area contributed by atoms with Crippen molar-refractivity contribution in [3.63, 3.8) is 0 Å². The quantitative estimate of drug-likeness (QED) is 0.842. The summed E-state index contributed by atoms with van der Waals surface area (Å²) in [6.07, 6.45) is 3.89. The second kappa shape index (κ2) is 5.17. The van der Waals surface area contributed by atoms with Gasteiger partial charge in [0.25, 0.3) is 0 Å². The molecule has 2 heterocycles. The number of nitrogens with zero attached hydrogens (tertiary/aromatic N) is 2. The highest BCUT2D eigenvalue weighted by Gasteiger charge is 2.20. The predicted octanol–water partition coefficient (Wildman–Crippen LogP) is 1.49. The van der Waals surface area contributed by atoms with Gasteiger partial charge in [-0.1, -0.05) is 6.07 Å². The van der Waals surface area contributed by atoms with Crippen LogP contribution in [0.4, 0.5) is 5.82 Å². The number of amides is 1. The molecule has 92 valence electrons. The van der Waals surface area contributed by atoms with E-state index < -0.39 is 0 Å². The minimum Gasteiger partial charge on any atom is -0.356 e. The van der Waals surface area contributed by atoms with Gasteiger partial charge in [-0.15, -0.1) is 0 Å². The number of piperidine rings is 1. The Morgan fingerprint density at radius 1 is 1.41 bits per heavy atom. The second-order valence-electron chi connectivity index (χ2n) is 4.66. The van der Waals surface area contributed by atoms with Crippen molar-refractivity contribution >= 4 is 11.7 Å². The van der Waals surface area contributed by atoms with Gasteiger partial charge in [0.15, 0.2) is 0 Å². The minimum absolute atomic E-state index is 0.0666. The van der Waals surface area contributed by atoms with E-state index in [9.17, 15) is 4.79 Å². The molecule has 1 aromatic heterocycles. The fourth-order valence-corrected chi connectivity index (χ4v) is 2.19. The number of anilines is 1. The molecule has 1 aromatic rings. The number of hydrogen-bond donors (Lipinski definition) is 1. The van der Waals surface area contributed by atoms with E-state index in [2.05, 4.69) is 27.3 Å². The highest BCUT2D eigenvalue weighted by molar-refractivity contribution is 5.73. The van der Waals surface area contributed by atoms with Crippen LogP contribution >= 0.6 is 0 Å².